The zero-order valence-corrected chi connectivity index (χ0v) is 12.4. The number of aromatic nitrogens is 3. The second kappa shape index (κ2) is 6.18. The van der Waals surface area contributed by atoms with Gasteiger partial charge >= 0.3 is 12.0 Å². The Labute approximate surface area is 132 Å². The molecule has 0 bridgehead atoms. The topological polar surface area (TPSA) is 109 Å². The van der Waals surface area contributed by atoms with Gasteiger partial charge in [-0.3, -0.25) is 0 Å². The summed E-state index contributed by atoms with van der Waals surface area (Å²) in [6.07, 6.45) is 0. The molecule has 7 nitrogen and oxygen atoms in total. The Hall–Kier alpha value is -3.35. The number of hydrogen-bond donors (Lipinski definition) is 2. The van der Waals surface area contributed by atoms with Crippen molar-refractivity contribution < 1.29 is 9.47 Å². The highest BCUT2D eigenvalue weighted by Gasteiger charge is 2.08. The summed E-state index contributed by atoms with van der Waals surface area (Å²) in [6, 6.07) is 14.1. The molecule has 0 fully saturated rings. The molecule has 0 atom stereocenters. The molecule has 1 aromatic heterocycles. The van der Waals surface area contributed by atoms with Crippen LogP contribution >= 0.6 is 0 Å². The van der Waals surface area contributed by atoms with E-state index in [1.807, 2.05) is 0 Å². The summed E-state index contributed by atoms with van der Waals surface area (Å²) in [5.74, 6) is 1.63. The molecule has 4 N–H and O–H groups in total. The van der Waals surface area contributed by atoms with Crippen molar-refractivity contribution in [3.63, 3.8) is 0 Å². The minimum atomic E-state index is 0.146. The third-order valence-electron chi connectivity index (χ3n) is 2.88. The fourth-order valence-corrected chi connectivity index (χ4v) is 1.81. The fourth-order valence-electron chi connectivity index (χ4n) is 1.81. The van der Waals surface area contributed by atoms with E-state index in [4.69, 9.17) is 20.9 Å². The van der Waals surface area contributed by atoms with Crippen molar-refractivity contribution in [3.05, 3.63) is 54.4 Å². The van der Waals surface area contributed by atoms with Crippen LogP contribution in [0.3, 0.4) is 0 Å². The van der Waals surface area contributed by atoms with Gasteiger partial charge in [-0.25, -0.2) is 0 Å². The molecule has 0 aliphatic carbocycles. The maximum Gasteiger partial charge on any atom is 0.328 e. The van der Waals surface area contributed by atoms with E-state index in [1.54, 1.807) is 55.5 Å². The van der Waals surface area contributed by atoms with Gasteiger partial charge in [0.15, 0.2) is 0 Å². The van der Waals surface area contributed by atoms with Gasteiger partial charge in [0.05, 0.1) is 0 Å². The van der Waals surface area contributed by atoms with Crippen LogP contribution in [0, 0.1) is 6.92 Å². The van der Waals surface area contributed by atoms with E-state index >= 15 is 0 Å². The standard InChI is InChI=1S/C16H15N5O2/c1-10-19-15(22-13-6-2-11(17)3-7-13)21-16(20-10)23-14-8-4-12(18)5-9-14/h2-9H,17-18H2,1H3. The average molecular weight is 309 g/mol. The van der Waals surface area contributed by atoms with Crippen molar-refractivity contribution in [2.45, 2.75) is 6.92 Å². The summed E-state index contributed by atoms with van der Waals surface area (Å²) < 4.78 is 11.2. The number of rotatable bonds is 4. The molecular weight excluding hydrogens is 294 g/mol. The van der Waals surface area contributed by atoms with Gasteiger partial charge in [0, 0.05) is 11.4 Å². The molecule has 1 heterocycles. The first kappa shape index (κ1) is 14.6. The lowest BCUT2D eigenvalue weighted by molar-refractivity contribution is 0.394. The van der Waals surface area contributed by atoms with Gasteiger partial charge in [0.1, 0.15) is 17.3 Å². The second-order valence-corrected chi connectivity index (χ2v) is 4.79. The summed E-state index contributed by atoms with van der Waals surface area (Å²) in [4.78, 5) is 12.4. The zero-order valence-electron chi connectivity index (χ0n) is 12.4. The van der Waals surface area contributed by atoms with Crippen LogP contribution in [-0.4, -0.2) is 15.0 Å². The van der Waals surface area contributed by atoms with E-state index in [9.17, 15) is 0 Å². The Morgan fingerprint density at radius 2 is 1.04 bits per heavy atom. The van der Waals surface area contributed by atoms with Crippen molar-refractivity contribution in [3.8, 4) is 23.5 Å². The lowest BCUT2D eigenvalue weighted by atomic mass is 10.3. The van der Waals surface area contributed by atoms with Crippen molar-refractivity contribution in [2.75, 3.05) is 11.5 Å². The summed E-state index contributed by atoms with van der Waals surface area (Å²) in [7, 11) is 0. The first-order valence-corrected chi connectivity index (χ1v) is 6.88. The number of hydrogen-bond acceptors (Lipinski definition) is 7. The first-order valence-electron chi connectivity index (χ1n) is 6.88. The van der Waals surface area contributed by atoms with Crippen LogP contribution in [0.25, 0.3) is 0 Å². The van der Waals surface area contributed by atoms with Gasteiger partial charge in [0.2, 0.25) is 0 Å². The van der Waals surface area contributed by atoms with Crippen LogP contribution in [0.15, 0.2) is 48.5 Å². The minimum Gasteiger partial charge on any atom is -0.424 e. The molecule has 3 rings (SSSR count). The Balaban J connectivity index is 1.81. The minimum absolute atomic E-state index is 0.146. The lowest BCUT2D eigenvalue weighted by Crippen LogP contribution is -2.00. The summed E-state index contributed by atoms with van der Waals surface area (Å²) in [5, 5.41) is 0. The molecule has 0 unspecified atom stereocenters. The maximum atomic E-state index is 5.64. The molecule has 0 aliphatic rings. The third-order valence-corrected chi connectivity index (χ3v) is 2.88. The van der Waals surface area contributed by atoms with Crippen molar-refractivity contribution in [1.29, 1.82) is 0 Å². The molecule has 23 heavy (non-hydrogen) atoms. The summed E-state index contributed by atoms with van der Waals surface area (Å²) in [6.45, 7) is 1.73. The van der Waals surface area contributed by atoms with Gasteiger partial charge in [-0.1, -0.05) is 0 Å². The molecule has 0 radical (unpaired) electrons. The van der Waals surface area contributed by atoms with Crippen LogP contribution in [0.1, 0.15) is 5.82 Å². The van der Waals surface area contributed by atoms with Gasteiger partial charge < -0.3 is 20.9 Å². The molecule has 116 valence electrons. The van der Waals surface area contributed by atoms with E-state index < -0.39 is 0 Å². The Morgan fingerprint density at radius 1 is 0.652 bits per heavy atom. The van der Waals surface area contributed by atoms with Crippen LogP contribution in [0.2, 0.25) is 0 Å². The predicted octanol–water partition coefficient (Wildman–Crippen LogP) is 2.93. The smallest absolute Gasteiger partial charge is 0.328 e. The molecule has 0 aliphatic heterocycles. The largest absolute Gasteiger partial charge is 0.424 e. The van der Waals surface area contributed by atoms with Gasteiger partial charge in [-0.15, -0.1) is 4.98 Å². The number of aryl methyl sites for hydroxylation is 1. The van der Waals surface area contributed by atoms with E-state index in [0.717, 1.165) is 0 Å². The lowest BCUT2D eigenvalue weighted by Gasteiger charge is -2.08. The SMILES string of the molecule is Cc1nc(Oc2ccc(N)cc2)nc(Oc2ccc(N)cc2)n1. The molecule has 0 amide bonds. The average Bonchev–Trinajstić information content (AvgIpc) is 2.51. The highest BCUT2D eigenvalue weighted by atomic mass is 16.5. The highest BCUT2D eigenvalue weighted by molar-refractivity contribution is 5.43. The van der Waals surface area contributed by atoms with E-state index in [2.05, 4.69) is 15.0 Å². The molecular formula is C16H15N5O2. The maximum absolute atomic E-state index is 5.64. The fraction of sp³-hybridized carbons (Fsp3) is 0.0625. The van der Waals surface area contributed by atoms with Crippen LogP contribution in [0.4, 0.5) is 11.4 Å². The second-order valence-electron chi connectivity index (χ2n) is 4.79. The predicted molar refractivity (Wildman–Crippen MR) is 86.4 cm³/mol. The van der Waals surface area contributed by atoms with Crippen LogP contribution in [0.5, 0.6) is 23.5 Å². The highest BCUT2D eigenvalue weighted by Crippen LogP contribution is 2.23. The zero-order chi connectivity index (χ0) is 16.2. The van der Waals surface area contributed by atoms with Crippen LogP contribution < -0.4 is 20.9 Å². The van der Waals surface area contributed by atoms with E-state index in [-0.39, 0.29) is 12.0 Å². The number of nitrogens with two attached hydrogens (primary N) is 2. The van der Waals surface area contributed by atoms with Crippen molar-refractivity contribution in [1.82, 2.24) is 15.0 Å². The van der Waals surface area contributed by atoms with Crippen LogP contribution in [-0.2, 0) is 0 Å². The normalized spacial score (nSPS) is 10.3. The van der Waals surface area contributed by atoms with Gasteiger partial charge in [0.25, 0.3) is 0 Å². The summed E-state index contributed by atoms with van der Waals surface area (Å²) in [5.41, 5.74) is 12.6. The molecule has 0 spiro atoms. The molecule has 3 aromatic rings. The van der Waals surface area contributed by atoms with E-state index in [1.165, 1.54) is 0 Å². The quantitative estimate of drug-likeness (QED) is 0.713. The molecule has 0 saturated heterocycles. The number of nitrogens with zero attached hydrogens (tertiary/aromatic N) is 3. The molecule has 0 saturated carbocycles. The van der Waals surface area contributed by atoms with Crippen molar-refractivity contribution in [2.24, 2.45) is 0 Å². The Morgan fingerprint density at radius 3 is 1.43 bits per heavy atom. The third kappa shape index (κ3) is 3.85. The number of ether oxygens (including phenoxy) is 2. The summed E-state index contributed by atoms with van der Waals surface area (Å²) >= 11 is 0. The Kier molecular flexibility index (Phi) is 3.92. The molecule has 7 heteroatoms. The first-order chi connectivity index (χ1) is 11.1. The Bertz CT molecular complexity index is 738. The molecule has 2 aromatic carbocycles. The van der Waals surface area contributed by atoms with Gasteiger partial charge in [-0.2, -0.15) is 9.97 Å². The number of benzene rings is 2. The van der Waals surface area contributed by atoms with Crippen molar-refractivity contribution >= 4 is 11.4 Å². The number of anilines is 2. The van der Waals surface area contributed by atoms with Gasteiger partial charge in [-0.05, 0) is 55.5 Å². The monoisotopic (exact) mass is 309 g/mol. The number of nitrogen functional groups attached to an aromatic ring is 2. The van der Waals surface area contributed by atoms with E-state index in [0.29, 0.717) is 28.7 Å².